The lowest BCUT2D eigenvalue weighted by Crippen LogP contribution is -2.24. The van der Waals surface area contributed by atoms with Gasteiger partial charge in [-0.2, -0.15) is 0 Å². The van der Waals surface area contributed by atoms with Crippen molar-refractivity contribution in [1.82, 2.24) is 15.3 Å². The lowest BCUT2D eigenvalue weighted by Gasteiger charge is -2.17. The molecule has 8 nitrogen and oxygen atoms in total. The van der Waals surface area contributed by atoms with Crippen LogP contribution >= 0.6 is 23.1 Å². The predicted molar refractivity (Wildman–Crippen MR) is 123 cm³/mol. The number of anilines is 1. The Bertz CT molecular complexity index is 1240. The minimum Gasteiger partial charge on any atom is -0.383 e. The average Bonchev–Trinajstić information content (AvgIpc) is 3.08. The van der Waals surface area contributed by atoms with Gasteiger partial charge in [-0.05, 0) is 48.4 Å². The number of nitrogen functional groups attached to an aromatic ring is 1. The number of nitrogens with two attached hydrogens (primary N) is 2. The van der Waals surface area contributed by atoms with Crippen molar-refractivity contribution in [2.75, 3.05) is 11.5 Å². The van der Waals surface area contributed by atoms with Crippen LogP contribution in [-0.4, -0.2) is 30.0 Å². The van der Waals surface area contributed by atoms with Crippen molar-refractivity contribution < 1.29 is 13.2 Å². The number of fused-ring (bicyclic) bond motifs is 3. The van der Waals surface area contributed by atoms with Crippen LogP contribution in [0.2, 0.25) is 0 Å². The molecule has 5 N–H and O–H groups in total. The van der Waals surface area contributed by atoms with Crippen LogP contribution in [0.1, 0.15) is 29.3 Å². The van der Waals surface area contributed by atoms with Crippen LogP contribution in [0.15, 0.2) is 34.3 Å². The lowest BCUT2D eigenvalue weighted by molar-refractivity contribution is -0.118. The van der Waals surface area contributed by atoms with Gasteiger partial charge < -0.3 is 11.1 Å². The maximum Gasteiger partial charge on any atom is 0.238 e. The molecule has 1 atom stereocenters. The van der Waals surface area contributed by atoms with Crippen molar-refractivity contribution in [2.24, 2.45) is 11.1 Å². The Hall–Kier alpha value is -2.21. The molecule has 1 aliphatic rings. The summed E-state index contributed by atoms with van der Waals surface area (Å²) in [5.74, 6) is 1.13. The molecule has 0 aliphatic heterocycles. The van der Waals surface area contributed by atoms with Gasteiger partial charge in [0.05, 0.1) is 16.0 Å². The van der Waals surface area contributed by atoms with Crippen molar-refractivity contribution in [2.45, 2.75) is 42.8 Å². The quantitative estimate of drug-likeness (QED) is 0.366. The van der Waals surface area contributed by atoms with Crippen molar-refractivity contribution in [3.63, 3.8) is 0 Å². The van der Waals surface area contributed by atoms with Gasteiger partial charge in [0.2, 0.25) is 15.9 Å². The molecule has 164 valence electrons. The Labute approximate surface area is 188 Å². The minimum absolute atomic E-state index is 0.0352. The highest BCUT2D eigenvalue weighted by atomic mass is 32.2. The number of nitrogens with one attached hydrogen (secondary N) is 1. The second-order valence-corrected chi connectivity index (χ2v) is 11.3. The highest BCUT2D eigenvalue weighted by Gasteiger charge is 2.23. The van der Waals surface area contributed by atoms with E-state index in [2.05, 4.69) is 22.2 Å². The maximum atomic E-state index is 12.2. The van der Waals surface area contributed by atoms with Gasteiger partial charge in [-0.25, -0.2) is 23.5 Å². The molecule has 0 spiro atoms. The fraction of sp³-hybridized carbons (Fsp3) is 0.350. The number of thioether (sulfide) groups is 1. The number of sulfonamides is 1. The van der Waals surface area contributed by atoms with Crippen LogP contribution in [0, 0.1) is 5.92 Å². The summed E-state index contributed by atoms with van der Waals surface area (Å²) in [6.45, 7) is 2.54. The average molecular weight is 478 g/mol. The van der Waals surface area contributed by atoms with E-state index in [1.807, 2.05) is 0 Å². The summed E-state index contributed by atoms with van der Waals surface area (Å²) in [7, 11) is -3.73. The molecule has 3 aromatic rings. The molecule has 2 aromatic heterocycles. The predicted octanol–water partition coefficient (Wildman–Crippen LogP) is 2.45. The zero-order valence-corrected chi connectivity index (χ0v) is 19.4. The monoisotopic (exact) mass is 477 g/mol. The molecule has 1 aromatic carbocycles. The van der Waals surface area contributed by atoms with Gasteiger partial charge >= 0.3 is 0 Å². The Kier molecular flexibility index (Phi) is 6.20. The van der Waals surface area contributed by atoms with Crippen LogP contribution < -0.4 is 16.2 Å². The third kappa shape index (κ3) is 5.00. The van der Waals surface area contributed by atoms with E-state index < -0.39 is 10.0 Å². The third-order valence-corrected chi connectivity index (χ3v) is 8.16. The molecule has 0 radical (unpaired) electrons. The molecule has 1 aliphatic carbocycles. The van der Waals surface area contributed by atoms with Gasteiger partial charge in [0, 0.05) is 11.4 Å². The summed E-state index contributed by atoms with van der Waals surface area (Å²) in [6, 6.07) is 6.06. The van der Waals surface area contributed by atoms with Crippen molar-refractivity contribution >= 4 is 55.1 Å². The summed E-state index contributed by atoms with van der Waals surface area (Å²) in [5.41, 5.74) is 8.29. The topological polar surface area (TPSA) is 141 Å². The van der Waals surface area contributed by atoms with Gasteiger partial charge in [-0.15, -0.1) is 11.3 Å². The number of carbonyl (C=O) groups excluding carboxylic acids is 1. The number of aryl methyl sites for hydroxylation is 1. The molecule has 31 heavy (non-hydrogen) atoms. The number of benzene rings is 1. The molecule has 0 saturated heterocycles. The second-order valence-electron chi connectivity index (χ2n) is 7.68. The number of hydrogen-bond acceptors (Lipinski definition) is 8. The third-order valence-electron chi connectivity index (χ3n) is 5.24. The van der Waals surface area contributed by atoms with E-state index in [0.717, 1.165) is 35.0 Å². The molecule has 4 rings (SSSR count). The van der Waals surface area contributed by atoms with E-state index in [1.54, 1.807) is 23.5 Å². The molecule has 0 bridgehead atoms. The van der Waals surface area contributed by atoms with E-state index in [1.165, 1.54) is 34.3 Å². The first-order valence-electron chi connectivity index (χ1n) is 9.79. The summed E-state index contributed by atoms with van der Waals surface area (Å²) in [6.07, 6.45) is 3.22. The largest absolute Gasteiger partial charge is 0.383 e. The van der Waals surface area contributed by atoms with Crippen LogP contribution in [0.5, 0.6) is 0 Å². The summed E-state index contributed by atoms with van der Waals surface area (Å²) >= 11 is 2.92. The fourth-order valence-corrected chi connectivity index (χ4v) is 6.24. The SMILES string of the molecule is CC1CCc2c(sc3nc(SCC(=O)NCc4ccc(S(N)(=O)=O)cc4)nc(N)c23)C1. The number of rotatable bonds is 6. The van der Waals surface area contributed by atoms with Gasteiger partial charge in [0.25, 0.3) is 0 Å². The number of amides is 1. The fourth-order valence-electron chi connectivity index (χ4n) is 3.59. The van der Waals surface area contributed by atoms with Crippen LogP contribution in [0.4, 0.5) is 5.82 Å². The standard InChI is InChI=1S/C20H23N5O3S3/c1-11-2-7-14-15(8-11)30-19-17(14)18(21)24-20(25-19)29-10-16(26)23-9-12-3-5-13(6-4-12)31(22,27)28/h3-6,11H,2,7-10H2,1H3,(H,23,26)(H2,21,24,25)(H2,22,27,28). The Morgan fingerprint density at radius 2 is 2.03 bits per heavy atom. The van der Waals surface area contributed by atoms with Gasteiger partial charge in [0.15, 0.2) is 5.16 Å². The molecule has 2 heterocycles. The van der Waals surface area contributed by atoms with E-state index in [-0.39, 0.29) is 23.1 Å². The number of aromatic nitrogens is 2. The van der Waals surface area contributed by atoms with Crippen LogP contribution in [-0.2, 0) is 34.2 Å². The molecular formula is C20H23N5O3S3. The number of thiophene rings is 1. The normalized spacial score (nSPS) is 16.3. The highest BCUT2D eigenvalue weighted by Crippen LogP contribution is 2.39. The van der Waals surface area contributed by atoms with E-state index in [9.17, 15) is 13.2 Å². The molecular weight excluding hydrogens is 454 g/mol. The maximum absolute atomic E-state index is 12.2. The van der Waals surface area contributed by atoms with Crippen LogP contribution in [0.25, 0.3) is 10.2 Å². The van der Waals surface area contributed by atoms with Crippen molar-refractivity contribution in [3.8, 4) is 0 Å². The Morgan fingerprint density at radius 3 is 2.74 bits per heavy atom. The van der Waals surface area contributed by atoms with Crippen LogP contribution in [0.3, 0.4) is 0 Å². The van der Waals surface area contributed by atoms with Crippen molar-refractivity contribution in [3.05, 3.63) is 40.3 Å². The summed E-state index contributed by atoms with van der Waals surface area (Å²) < 4.78 is 22.6. The Balaban J connectivity index is 1.37. The van der Waals surface area contributed by atoms with E-state index in [0.29, 0.717) is 16.9 Å². The van der Waals surface area contributed by atoms with E-state index in [4.69, 9.17) is 10.9 Å². The number of primary sulfonamides is 1. The molecule has 1 unspecified atom stereocenters. The van der Waals surface area contributed by atoms with Gasteiger partial charge in [0.1, 0.15) is 10.6 Å². The second kappa shape index (κ2) is 8.73. The molecule has 1 amide bonds. The van der Waals surface area contributed by atoms with Gasteiger partial charge in [-0.1, -0.05) is 30.8 Å². The zero-order chi connectivity index (χ0) is 22.2. The first kappa shape index (κ1) is 22.0. The smallest absolute Gasteiger partial charge is 0.238 e. The summed E-state index contributed by atoms with van der Waals surface area (Å²) in [4.78, 5) is 23.5. The Morgan fingerprint density at radius 1 is 1.29 bits per heavy atom. The lowest BCUT2D eigenvalue weighted by atomic mass is 9.89. The molecule has 0 saturated carbocycles. The first-order valence-corrected chi connectivity index (χ1v) is 13.1. The van der Waals surface area contributed by atoms with Gasteiger partial charge in [-0.3, -0.25) is 4.79 Å². The molecule has 11 heteroatoms. The summed E-state index contributed by atoms with van der Waals surface area (Å²) in [5, 5.41) is 9.35. The zero-order valence-electron chi connectivity index (χ0n) is 16.9. The highest BCUT2D eigenvalue weighted by molar-refractivity contribution is 7.99. The number of hydrogen-bond donors (Lipinski definition) is 3. The number of nitrogens with zero attached hydrogens (tertiary/aromatic N) is 2. The van der Waals surface area contributed by atoms with E-state index >= 15 is 0 Å². The molecule has 0 fully saturated rings. The van der Waals surface area contributed by atoms with Crippen molar-refractivity contribution in [1.29, 1.82) is 0 Å². The number of carbonyl (C=O) groups is 1. The minimum atomic E-state index is -3.73. The first-order chi connectivity index (χ1) is 14.7.